The number of imidazole rings is 1. The molecule has 0 radical (unpaired) electrons. The van der Waals surface area contributed by atoms with Crippen LogP contribution in [-0.2, 0) is 17.9 Å². The van der Waals surface area contributed by atoms with Gasteiger partial charge < -0.3 is 15.5 Å². The monoisotopic (exact) mass is 472 g/mol. The summed E-state index contributed by atoms with van der Waals surface area (Å²) in [5, 5.41) is 4.37. The van der Waals surface area contributed by atoms with Gasteiger partial charge in [-0.25, -0.2) is 9.67 Å². The number of hydrogen-bond acceptors (Lipinski definition) is 7. The van der Waals surface area contributed by atoms with Gasteiger partial charge in [-0.3, -0.25) is 19.1 Å². The molecule has 1 amide bonds. The Hall–Kier alpha value is -3.97. The quantitative estimate of drug-likeness (QED) is 0.578. The van der Waals surface area contributed by atoms with E-state index in [0.29, 0.717) is 41.5 Å². The lowest BCUT2D eigenvalue weighted by atomic mass is 10.1. The van der Waals surface area contributed by atoms with Crippen molar-refractivity contribution in [2.75, 3.05) is 29.9 Å². The van der Waals surface area contributed by atoms with Gasteiger partial charge in [0.2, 0.25) is 11.9 Å². The van der Waals surface area contributed by atoms with Crippen LogP contribution >= 0.6 is 0 Å². The van der Waals surface area contributed by atoms with Crippen LogP contribution in [0.2, 0.25) is 0 Å². The highest BCUT2D eigenvalue weighted by atomic mass is 16.2. The lowest BCUT2D eigenvalue weighted by Crippen LogP contribution is -2.44. The number of nitrogens with zero attached hydrogens (tertiary/aromatic N) is 7. The summed E-state index contributed by atoms with van der Waals surface area (Å²) in [6, 6.07) is 7.53. The van der Waals surface area contributed by atoms with Gasteiger partial charge in [0.05, 0.1) is 37.1 Å². The van der Waals surface area contributed by atoms with Crippen molar-refractivity contribution in [2.24, 2.45) is 10.7 Å². The number of benzene rings is 1. The second-order valence-corrected chi connectivity index (χ2v) is 8.91. The first-order chi connectivity index (χ1) is 17.0. The number of para-hydroxylation sites is 2. The van der Waals surface area contributed by atoms with Crippen molar-refractivity contribution in [3.8, 4) is 11.8 Å². The standard InChI is InChI=1S/C25H28N8O2/c1-3-4-12-32-23-20(29-25(32)31-11-7-8-17(26)15-31)14-27-33(24(23)35)16-18-13-22(34)30(2)21-10-6-5-9-19(21)28-18/h5-6,9-10,14,17H,7-8,11-13,15-16,26H2,1-2H3. The predicted octanol–water partition coefficient (Wildman–Crippen LogP) is 1.68. The van der Waals surface area contributed by atoms with Gasteiger partial charge in [0.1, 0.15) is 11.0 Å². The summed E-state index contributed by atoms with van der Waals surface area (Å²) < 4.78 is 3.21. The fourth-order valence-corrected chi connectivity index (χ4v) is 4.67. The second kappa shape index (κ2) is 9.35. The van der Waals surface area contributed by atoms with Crippen LogP contribution in [0.3, 0.4) is 0 Å². The molecule has 10 nitrogen and oxygen atoms in total. The molecule has 0 saturated carbocycles. The summed E-state index contributed by atoms with van der Waals surface area (Å²) in [6.07, 6.45) is 3.64. The molecular formula is C25H28N8O2. The maximum atomic E-state index is 13.6. The molecule has 2 aromatic heterocycles. The highest BCUT2D eigenvalue weighted by molar-refractivity contribution is 6.11. The molecule has 1 atom stereocenters. The number of aromatic nitrogens is 4. The van der Waals surface area contributed by atoms with Crippen molar-refractivity contribution < 1.29 is 4.79 Å². The Morgan fingerprint density at radius 2 is 2.06 bits per heavy atom. The fraction of sp³-hybridized carbons (Fsp3) is 0.400. The molecule has 0 bridgehead atoms. The first-order valence-electron chi connectivity index (χ1n) is 11.7. The summed E-state index contributed by atoms with van der Waals surface area (Å²) >= 11 is 0. The van der Waals surface area contributed by atoms with Gasteiger partial charge in [0, 0.05) is 31.9 Å². The molecule has 2 N–H and O–H groups in total. The number of nitrogens with two attached hydrogens (primary N) is 1. The van der Waals surface area contributed by atoms with Crippen LogP contribution in [0.15, 0.2) is 40.2 Å². The van der Waals surface area contributed by atoms with Crippen LogP contribution < -0.4 is 21.1 Å². The highest BCUT2D eigenvalue weighted by Crippen LogP contribution is 2.31. The summed E-state index contributed by atoms with van der Waals surface area (Å²) in [5.74, 6) is 6.57. The number of rotatable bonds is 4. The number of amides is 1. The molecule has 1 saturated heterocycles. The number of aliphatic imine (C=N–C) groups is 1. The number of piperidine rings is 1. The number of carbonyl (C=O) groups excluding carboxylic acids is 1. The summed E-state index contributed by atoms with van der Waals surface area (Å²) in [5.41, 5.74) is 8.87. The SMILES string of the molecule is CC#CCn1c(N2CCCC(N)C2)nc2cnn(CC3=Nc4ccccc4N(C)C(=O)C3)c(=O)c21. The van der Waals surface area contributed by atoms with Crippen molar-refractivity contribution in [3.05, 3.63) is 40.8 Å². The van der Waals surface area contributed by atoms with Gasteiger partial charge in [-0.05, 0) is 31.9 Å². The number of fused-ring (bicyclic) bond motifs is 2. The molecule has 35 heavy (non-hydrogen) atoms. The Labute approximate surface area is 203 Å². The summed E-state index contributed by atoms with van der Waals surface area (Å²) in [7, 11) is 1.73. The Balaban J connectivity index is 1.56. The zero-order valence-electron chi connectivity index (χ0n) is 19.9. The molecule has 1 aromatic carbocycles. The lowest BCUT2D eigenvalue weighted by molar-refractivity contribution is -0.117. The fourth-order valence-electron chi connectivity index (χ4n) is 4.67. The van der Waals surface area contributed by atoms with Gasteiger partial charge in [-0.1, -0.05) is 18.1 Å². The number of hydrogen-bond donors (Lipinski definition) is 1. The molecule has 0 spiro atoms. The molecule has 5 rings (SSSR count). The Morgan fingerprint density at radius 3 is 2.86 bits per heavy atom. The Kier molecular flexibility index (Phi) is 6.09. The minimum atomic E-state index is -0.290. The predicted molar refractivity (Wildman–Crippen MR) is 136 cm³/mol. The van der Waals surface area contributed by atoms with E-state index in [1.165, 1.54) is 4.68 Å². The van der Waals surface area contributed by atoms with Crippen LogP contribution in [0.1, 0.15) is 26.2 Å². The summed E-state index contributed by atoms with van der Waals surface area (Å²) in [6.45, 7) is 3.72. The van der Waals surface area contributed by atoms with Crippen molar-refractivity contribution in [3.63, 3.8) is 0 Å². The molecule has 0 aliphatic carbocycles. The van der Waals surface area contributed by atoms with Gasteiger partial charge in [0.25, 0.3) is 5.56 Å². The van der Waals surface area contributed by atoms with E-state index in [9.17, 15) is 9.59 Å². The van der Waals surface area contributed by atoms with Crippen LogP contribution in [-0.4, -0.2) is 57.1 Å². The third-order valence-electron chi connectivity index (χ3n) is 6.47. The molecule has 1 unspecified atom stereocenters. The van der Waals surface area contributed by atoms with Crippen LogP contribution in [0.4, 0.5) is 17.3 Å². The van der Waals surface area contributed by atoms with E-state index in [4.69, 9.17) is 15.7 Å². The number of anilines is 2. The Bertz CT molecular complexity index is 1440. The van der Waals surface area contributed by atoms with E-state index in [-0.39, 0.29) is 30.5 Å². The molecule has 180 valence electrons. The van der Waals surface area contributed by atoms with E-state index in [2.05, 4.69) is 21.8 Å². The Morgan fingerprint density at radius 1 is 1.23 bits per heavy atom. The normalized spacial score (nSPS) is 18.1. The zero-order chi connectivity index (χ0) is 24.5. The first-order valence-corrected chi connectivity index (χ1v) is 11.7. The average molecular weight is 473 g/mol. The smallest absolute Gasteiger partial charge is 0.293 e. The van der Waals surface area contributed by atoms with E-state index in [1.807, 2.05) is 28.8 Å². The second-order valence-electron chi connectivity index (χ2n) is 8.91. The summed E-state index contributed by atoms with van der Waals surface area (Å²) in [4.78, 5) is 39.5. The molecule has 2 aliphatic heterocycles. The average Bonchev–Trinajstić information content (AvgIpc) is 3.18. The van der Waals surface area contributed by atoms with E-state index in [1.54, 1.807) is 25.1 Å². The first kappa shape index (κ1) is 22.8. The molecule has 10 heteroatoms. The molecular weight excluding hydrogens is 444 g/mol. The minimum Gasteiger partial charge on any atom is -0.341 e. The van der Waals surface area contributed by atoms with E-state index < -0.39 is 0 Å². The maximum Gasteiger partial charge on any atom is 0.293 e. The van der Waals surface area contributed by atoms with Crippen molar-refractivity contribution >= 4 is 40.0 Å². The molecule has 1 fully saturated rings. The van der Waals surface area contributed by atoms with E-state index >= 15 is 0 Å². The molecule has 4 heterocycles. The van der Waals surface area contributed by atoms with Crippen molar-refractivity contribution in [1.82, 2.24) is 19.3 Å². The largest absolute Gasteiger partial charge is 0.341 e. The number of carbonyl (C=O) groups is 1. The van der Waals surface area contributed by atoms with Gasteiger partial charge in [-0.2, -0.15) is 5.10 Å². The third-order valence-corrected chi connectivity index (χ3v) is 6.47. The lowest BCUT2D eigenvalue weighted by Gasteiger charge is -2.31. The van der Waals surface area contributed by atoms with Crippen LogP contribution in [0.5, 0.6) is 0 Å². The van der Waals surface area contributed by atoms with Gasteiger partial charge >= 0.3 is 0 Å². The van der Waals surface area contributed by atoms with Crippen molar-refractivity contribution in [1.29, 1.82) is 0 Å². The molecule has 2 aliphatic rings. The van der Waals surface area contributed by atoms with E-state index in [0.717, 1.165) is 25.1 Å². The van der Waals surface area contributed by atoms with Crippen molar-refractivity contribution in [2.45, 2.75) is 45.3 Å². The topological polar surface area (TPSA) is 115 Å². The van der Waals surface area contributed by atoms with Gasteiger partial charge in [-0.15, -0.1) is 5.92 Å². The van der Waals surface area contributed by atoms with Crippen LogP contribution in [0, 0.1) is 11.8 Å². The highest BCUT2D eigenvalue weighted by Gasteiger charge is 2.25. The van der Waals surface area contributed by atoms with Crippen LogP contribution in [0.25, 0.3) is 11.0 Å². The molecule has 3 aromatic rings. The van der Waals surface area contributed by atoms with Gasteiger partial charge in [0.15, 0.2) is 0 Å². The zero-order valence-corrected chi connectivity index (χ0v) is 19.9. The maximum absolute atomic E-state index is 13.6. The minimum absolute atomic E-state index is 0.0656. The third kappa shape index (κ3) is 4.31.